The number of fused-ring (bicyclic) bond motifs is 1. The Balaban J connectivity index is 1.62. The van der Waals surface area contributed by atoms with E-state index in [1.54, 1.807) is 30.9 Å². The zero-order valence-corrected chi connectivity index (χ0v) is 14.8. The minimum Gasteiger partial charge on any atom is -0.345 e. The zero-order chi connectivity index (χ0) is 18.6. The van der Waals surface area contributed by atoms with Crippen LogP contribution in [0.15, 0.2) is 67.3 Å². The first-order valence-corrected chi connectivity index (χ1v) is 8.56. The van der Waals surface area contributed by atoms with Crippen LogP contribution >= 0.6 is 0 Å². The summed E-state index contributed by atoms with van der Waals surface area (Å²) in [5.74, 6) is -0.255. The molecule has 1 N–H and O–H groups in total. The monoisotopic (exact) mass is 355 g/mol. The summed E-state index contributed by atoms with van der Waals surface area (Å²) in [5.41, 5.74) is 4.54. The Labute approximate surface area is 156 Å². The van der Waals surface area contributed by atoms with Gasteiger partial charge < -0.3 is 5.32 Å². The van der Waals surface area contributed by atoms with Gasteiger partial charge in [0.1, 0.15) is 5.69 Å². The molecule has 0 spiro atoms. The number of aryl methyl sites for hydroxylation is 1. The van der Waals surface area contributed by atoms with Gasteiger partial charge in [-0.2, -0.15) is 0 Å². The second-order valence-electron chi connectivity index (χ2n) is 6.15. The summed E-state index contributed by atoms with van der Waals surface area (Å²) in [6.07, 6.45) is 6.85. The molecular weight excluding hydrogens is 338 g/mol. The van der Waals surface area contributed by atoms with Gasteiger partial charge in [-0.3, -0.25) is 19.7 Å². The number of amides is 1. The molecule has 132 valence electrons. The van der Waals surface area contributed by atoms with Crippen LogP contribution in [0.25, 0.3) is 22.0 Å². The van der Waals surface area contributed by atoms with Crippen LogP contribution in [0.5, 0.6) is 0 Å². The molecule has 6 nitrogen and oxygen atoms in total. The number of hydrogen-bond donors (Lipinski definition) is 1. The van der Waals surface area contributed by atoms with E-state index in [0.29, 0.717) is 17.9 Å². The summed E-state index contributed by atoms with van der Waals surface area (Å²) in [4.78, 5) is 29.8. The number of aromatic nitrogens is 4. The Morgan fingerprint density at radius 3 is 2.59 bits per heavy atom. The average Bonchev–Trinajstić information content (AvgIpc) is 2.73. The molecule has 0 unspecified atom stereocenters. The Morgan fingerprint density at radius 1 is 0.963 bits per heavy atom. The third-order valence-corrected chi connectivity index (χ3v) is 4.18. The lowest BCUT2D eigenvalue weighted by Gasteiger charge is -2.08. The van der Waals surface area contributed by atoms with Crippen molar-refractivity contribution >= 4 is 16.8 Å². The fraction of sp³-hybridized carbons (Fsp3) is 0.0952. The molecule has 0 fully saturated rings. The molecule has 3 heterocycles. The van der Waals surface area contributed by atoms with E-state index in [0.717, 1.165) is 27.7 Å². The number of nitrogens with zero attached hydrogens (tertiary/aromatic N) is 4. The summed E-state index contributed by atoms with van der Waals surface area (Å²) in [7, 11) is 0. The van der Waals surface area contributed by atoms with Crippen molar-refractivity contribution in [2.45, 2.75) is 13.5 Å². The SMILES string of the molecule is Cc1cnc(CNC(=O)c2ccc3cncc(-c4ccccc4)c3n2)cn1. The van der Waals surface area contributed by atoms with Crippen molar-refractivity contribution in [1.82, 2.24) is 25.3 Å². The molecule has 0 saturated carbocycles. The lowest BCUT2D eigenvalue weighted by Crippen LogP contribution is -2.24. The van der Waals surface area contributed by atoms with Gasteiger partial charge in [0.25, 0.3) is 5.91 Å². The summed E-state index contributed by atoms with van der Waals surface area (Å²) in [6.45, 7) is 2.17. The van der Waals surface area contributed by atoms with E-state index in [4.69, 9.17) is 0 Å². The number of carbonyl (C=O) groups is 1. The van der Waals surface area contributed by atoms with Crippen molar-refractivity contribution in [2.75, 3.05) is 0 Å². The van der Waals surface area contributed by atoms with Crippen molar-refractivity contribution in [2.24, 2.45) is 0 Å². The van der Waals surface area contributed by atoms with E-state index in [9.17, 15) is 4.79 Å². The van der Waals surface area contributed by atoms with Crippen LogP contribution < -0.4 is 5.32 Å². The first-order chi connectivity index (χ1) is 13.2. The van der Waals surface area contributed by atoms with Crippen LogP contribution in [-0.2, 0) is 6.54 Å². The molecule has 0 radical (unpaired) electrons. The maximum atomic E-state index is 12.5. The highest BCUT2D eigenvalue weighted by molar-refractivity contribution is 5.98. The number of pyridine rings is 2. The molecule has 0 bridgehead atoms. The fourth-order valence-corrected chi connectivity index (χ4v) is 2.77. The van der Waals surface area contributed by atoms with Crippen molar-refractivity contribution in [1.29, 1.82) is 0 Å². The Morgan fingerprint density at radius 2 is 1.81 bits per heavy atom. The van der Waals surface area contributed by atoms with Crippen molar-refractivity contribution in [3.8, 4) is 11.1 Å². The highest BCUT2D eigenvalue weighted by Gasteiger charge is 2.11. The Hall–Kier alpha value is -3.67. The maximum absolute atomic E-state index is 12.5. The second-order valence-corrected chi connectivity index (χ2v) is 6.15. The van der Waals surface area contributed by atoms with Crippen LogP contribution in [0.3, 0.4) is 0 Å². The number of rotatable bonds is 4. The van der Waals surface area contributed by atoms with E-state index in [1.165, 1.54) is 0 Å². The van der Waals surface area contributed by atoms with E-state index in [1.807, 2.05) is 43.3 Å². The van der Waals surface area contributed by atoms with Crippen molar-refractivity contribution in [3.63, 3.8) is 0 Å². The van der Waals surface area contributed by atoms with Crippen molar-refractivity contribution in [3.05, 3.63) is 84.3 Å². The summed E-state index contributed by atoms with van der Waals surface area (Å²) < 4.78 is 0. The van der Waals surface area contributed by atoms with E-state index < -0.39 is 0 Å². The molecule has 0 aliphatic heterocycles. The predicted molar refractivity (Wildman–Crippen MR) is 103 cm³/mol. The minimum atomic E-state index is -0.255. The summed E-state index contributed by atoms with van der Waals surface area (Å²) in [5, 5.41) is 3.73. The first-order valence-electron chi connectivity index (χ1n) is 8.56. The fourth-order valence-electron chi connectivity index (χ4n) is 2.77. The average molecular weight is 355 g/mol. The van der Waals surface area contributed by atoms with Crippen LogP contribution in [0, 0.1) is 6.92 Å². The molecule has 3 aromatic heterocycles. The number of hydrogen-bond acceptors (Lipinski definition) is 5. The van der Waals surface area contributed by atoms with Crippen LogP contribution in [0.2, 0.25) is 0 Å². The van der Waals surface area contributed by atoms with E-state index in [2.05, 4.69) is 25.3 Å². The van der Waals surface area contributed by atoms with Gasteiger partial charge in [0.15, 0.2) is 0 Å². The number of carbonyl (C=O) groups excluding carboxylic acids is 1. The smallest absolute Gasteiger partial charge is 0.270 e. The first kappa shape index (κ1) is 16.8. The van der Waals surface area contributed by atoms with Gasteiger partial charge in [0.05, 0.1) is 29.6 Å². The maximum Gasteiger partial charge on any atom is 0.270 e. The molecule has 6 heteroatoms. The summed E-state index contributed by atoms with van der Waals surface area (Å²) in [6, 6.07) is 13.5. The second kappa shape index (κ2) is 7.29. The molecule has 1 amide bonds. The molecule has 0 aliphatic carbocycles. The number of nitrogens with one attached hydrogen (secondary N) is 1. The lowest BCUT2D eigenvalue weighted by molar-refractivity contribution is 0.0946. The molecular formula is C21H17N5O. The Bertz CT molecular complexity index is 1090. The predicted octanol–water partition coefficient (Wildman–Crippen LogP) is 3.33. The highest BCUT2D eigenvalue weighted by Crippen LogP contribution is 2.26. The molecule has 0 atom stereocenters. The molecule has 27 heavy (non-hydrogen) atoms. The van der Waals surface area contributed by atoms with Crippen LogP contribution in [-0.4, -0.2) is 25.8 Å². The molecule has 1 aromatic carbocycles. The van der Waals surface area contributed by atoms with Gasteiger partial charge in [-0.25, -0.2) is 4.98 Å². The van der Waals surface area contributed by atoms with Crippen LogP contribution in [0.4, 0.5) is 0 Å². The molecule has 0 saturated heterocycles. The van der Waals surface area contributed by atoms with Gasteiger partial charge in [0.2, 0.25) is 0 Å². The molecule has 4 rings (SSSR count). The van der Waals surface area contributed by atoms with E-state index >= 15 is 0 Å². The van der Waals surface area contributed by atoms with E-state index in [-0.39, 0.29) is 5.91 Å². The van der Waals surface area contributed by atoms with Gasteiger partial charge in [-0.05, 0) is 24.6 Å². The van der Waals surface area contributed by atoms with Gasteiger partial charge in [0, 0.05) is 29.5 Å². The van der Waals surface area contributed by atoms with Gasteiger partial charge in [-0.15, -0.1) is 0 Å². The standard InChI is InChI=1S/C21H17N5O/c1-14-9-24-17(11-23-14)12-25-21(27)19-8-7-16-10-22-13-18(20(16)26-19)15-5-3-2-4-6-15/h2-11,13H,12H2,1H3,(H,25,27). The van der Waals surface area contributed by atoms with Gasteiger partial charge >= 0.3 is 0 Å². The summed E-state index contributed by atoms with van der Waals surface area (Å²) >= 11 is 0. The minimum absolute atomic E-state index is 0.255. The normalized spacial score (nSPS) is 10.7. The highest BCUT2D eigenvalue weighted by atomic mass is 16.1. The Kier molecular flexibility index (Phi) is 4.53. The van der Waals surface area contributed by atoms with Crippen LogP contribution in [0.1, 0.15) is 21.9 Å². The molecule has 0 aliphatic rings. The largest absolute Gasteiger partial charge is 0.345 e. The lowest BCUT2D eigenvalue weighted by atomic mass is 10.0. The molecule has 4 aromatic rings. The van der Waals surface area contributed by atoms with Crippen molar-refractivity contribution < 1.29 is 4.79 Å². The topological polar surface area (TPSA) is 80.7 Å². The zero-order valence-electron chi connectivity index (χ0n) is 14.8. The quantitative estimate of drug-likeness (QED) is 0.607. The van der Waals surface area contributed by atoms with Gasteiger partial charge in [-0.1, -0.05) is 30.3 Å². The third kappa shape index (κ3) is 3.64. The third-order valence-electron chi connectivity index (χ3n) is 4.18. The number of benzene rings is 1.